The topological polar surface area (TPSA) is 75.3 Å². The van der Waals surface area contributed by atoms with E-state index in [1.54, 1.807) is 30.3 Å². The van der Waals surface area contributed by atoms with Gasteiger partial charge < -0.3 is 5.32 Å². The van der Waals surface area contributed by atoms with Crippen LogP contribution in [-0.4, -0.2) is 14.3 Å². The maximum atomic E-state index is 12.4. The lowest BCUT2D eigenvalue weighted by Gasteiger charge is -2.09. The van der Waals surface area contributed by atoms with E-state index < -0.39 is 10.0 Å². The van der Waals surface area contributed by atoms with Crippen LogP contribution in [0.2, 0.25) is 5.02 Å². The second-order valence-electron chi connectivity index (χ2n) is 6.82. The average Bonchev–Trinajstić information content (AvgIpc) is 2.77. The number of sulfonamides is 1. The SMILES string of the molecule is O=C(CCc1ccc(S(=O)(=O)NCc2ccccc2)cc1)NCc1ccccc1Cl. The summed E-state index contributed by atoms with van der Waals surface area (Å²) < 4.78 is 27.5. The fraction of sp³-hybridized carbons (Fsp3) is 0.174. The molecule has 0 saturated carbocycles. The van der Waals surface area contributed by atoms with E-state index in [1.165, 1.54) is 0 Å². The number of benzene rings is 3. The lowest BCUT2D eigenvalue weighted by atomic mass is 10.1. The van der Waals surface area contributed by atoms with Gasteiger partial charge in [-0.25, -0.2) is 13.1 Å². The van der Waals surface area contributed by atoms with Gasteiger partial charge in [0, 0.05) is 24.5 Å². The van der Waals surface area contributed by atoms with Gasteiger partial charge in [-0.2, -0.15) is 0 Å². The number of hydrogen-bond donors (Lipinski definition) is 2. The highest BCUT2D eigenvalue weighted by Crippen LogP contribution is 2.15. The Kier molecular flexibility index (Phi) is 7.63. The molecule has 30 heavy (non-hydrogen) atoms. The molecule has 3 aromatic carbocycles. The molecule has 1 amide bonds. The van der Waals surface area contributed by atoms with Crippen LogP contribution in [0.5, 0.6) is 0 Å². The van der Waals surface area contributed by atoms with Crippen molar-refractivity contribution >= 4 is 27.5 Å². The second-order valence-corrected chi connectivity index (χ2v) is 9.00. The molecule has 0 bridgehead atoms. The predicted octanol–water partition coefficient (Wildman–Crippen LogP) is 4.07. The first kappa shape index (κ1) is 22.0. The molecule has 2 N–H and O–H groups in total. The Balaban J connectivity index is 1.49. The molecular formula is C23H23ClN2O3S. The third-order valence-corrected chi connectivity index (χ3v) is 6.40. The van der Waals surface area contributed by atoms with Crippen molar-refractivity contribution in [3.8, 4) is 0 Å². The highest BCUT2D eigenvalue weighted by atomic mass is 35.5. The van der Waals surface area contributed by atoms with Crippen molar-refractivity contribution < 1.29 is 13.2 Å². The van der Waals surface area contributed by atoms with E-state index in [0.717, 1.165) is 16.7 Å². The van der Waals surface area contributed by atoms with E-state index in [4.69, 9.17) is 11.6 Å². The van der Waals surface area contributed by atoms with Crippen molar-refractivity contribution in [2.45, 2.75) is 30.8 Å². The van der Waals surface area contributed by atoms with Crippen molar-refractivity contribution in [3.05, 3.63) is 101 Å². The molecule has 0 atom stereocenters. The standard InChI is InChI=1S/C23H23ClN2O3S/c24-22-9-5-4-8-20(22)17-25-23(27)15-12-18-10-13-21(14-11-18)30(28,29)26-16-19-6-2-1-3-7-19/h1-11,13-14,26H,12,15-17H2,(H,25,27). The first-order chi connectivity index (χ1) is 14.4. The summed E-state index contributed by atoms with van der Waals surface area (Å²) in [5, 5.41) is 3.47. The van der Waals surface area contributed by atoms with Crippen LogP contribution in [0.25, 0.3) is 0 Å². The van der Waals surface area contributed by atoms with Crippen LogP contribution in [0.3, 0.4) is 0 Å². The van der Waals surface area contributed by atoms with Gasteiger partial charge in [-0.1, -0.05) is 72.3 Å². The molecule has 0 aliphatic heterocycles. The highest BCUT2D eigenvalue weighted by molar-refractivity contribution is 7.89. The molecule has 0 aromatic heterocycles. The third-order valence-electron chi connectivity index (χ3n) is 4.62. The molecule has 0 fully saturated rings. The number of carbonyl (C=O) groups excluding carboxylic acids is 1. The van der Waals surface area contributed by atoms with E-state index in [2.05, 4.69) is 10.0 Å². The van der Waals surface area contributed by atoms with Gasteiger partial charge in [-0.3, -0.25) is 4.79 Å². The first-order valence-electron chi connectivity index (χ1n) is 9.57. The Labute approximate surface area is 182 Å². The molecule has 0 saturated heterocycles. The molecule has 5 nitrogen and oxygen atoms in total. The minimum absolute atomic E-state index is 0.0869. The van der Waals surface area contributed by atoms with E-state index in [0.29, 0.717) is 24.4 Å². The van der Waals surface area contributed by atoms with Gasteiger partial charge in [0.05, 0.1) is 4.90 Å². The summed E-state index contributed by atoms with van der Waals surface area (Å²) in [5.41, 5.74) is 2.65. The number of nitrogens with one attached hydrogen (secondary N) is 2. The number of amides is 1. The summed E-state index contributed by atoms with van der Waals surface area (Å²) in [4.78, 5) is 12.3. The van der Waals surface area contributed by atoms with Crippen LogP contribution in [-0.2, 0) is 34.3 Å². The molecule has 0 radical (unpaired) electrons. The Bertz CT molecular complexity index is 1080. The van der Waals surface area contributed by atoms with Gasteiger partial charge in [-0.05, 0) is 41.3 Å². The van der Waals surface area contributed by atoms with E-state index in [1.807, 2.05) is 48.5 Å². The number of rotatable bonds is 9. The zero-order chi connectivity index (χ0) is 21.4. The van der Waals surface area contributed by atoms with E-state index in [9.17, 15) is 13.2 Å². The average molecular weight is 443 g/mol. The maximum Gasteiger partial charge on any atom is 0.240 e. The van der Waals surface area contributed by atoms with Crippen molar-refractivity contribution in [3.63, 3.8) is 0 Å². The van der Waals surface area contributed by atoms with Crippen molar-refractivity contribution in [2.75, 3.05) is 0 Å². The van der Waals surface area contributed by atoms with Crippen LogP contribution < -0.4 is 10.0 Å². The Morgan fingerprint density at radius 1 is 0.800 bits per heavy atom. The summed E-state index contributed by atoms with van der Waals surface area (Å²) in [5.74, 6) is -0.0869. The number of hydrogen-bond acceptors (Lipinski definition) is 3. The van der Waals surface area contributed by atoms with Gasteiger partial charge in [0.2, 0.25) is 15.9 Å². The fourth-order valence-electron chi connectivity index (χ4n) is 2.87. The summed E-state index contributed by atoms with van der Waals surface area (Å²) in [6.45, 7) is 0.610. The maximum absolute atomic E-state index is 12.4. The van der Waals surface area contributed by atoms with Gasteiger partial charge in [-0.15, -0.1) is 0 Å². The normalized spacial score (nSPS) is 11.2. The molecular weight excluding hydrogens is 420 g/mol. The smallest absolute Gasteiger partial charge is 0.240 e. The third kappa shape index (κ3) is 6.42. The van der Waals surface area contributed by atoms with Crippen LogP contribution in [0.4, 0.5) is 0 Å². The van der Waals surface area contributed by atoms with Gasteiger partial charge in [0.1, 0.15) is 0 Å². The van der Waals surface area contributed by atoms with Crippen molar-refractivity contribution in [1.82, 2.24) is 10.0 Å². The van der Waals surface area contributed by atoms with Crippen LogP contribution in [0.1, 0.15) is 23.1 Å². The second kappa shape index (κ2) is 10.4. The Hall–Kier alpha value is -2.67. The molecule has 0 aliphatic carbocycles. The molecule has 3 rings (SSSR count). The first-order valence-corrected chi connectivity index (χ1v) is 11.4. The number of halogens is 1. The lowest BCUT2D eigenvalue weighted by molar-refractivity contribution is -0.121. The van der Waals surface area contributed by atoms with E-state index >= 15 is 0 Å². The molecule has 0 heterocycles. The van der Waals surface area contributed by atoms with Gasteiger partial charge in [0.25, 0.3) is 0 Å². The minimum atomic E-state index is -3.59. The highest BCUT2D eigenvalue weighted by Gasteiger charge is 2.13. The van der Waals surface area contributed by atoms with Crippen molar-refractivity contribution in [1.29, 1.82) is 0 Å². The summed E-state index contributed by atoms with van der Waals surface area (Å²) in [6, 6.07) is 23.3. The largest absolute Gasteiger partial charge is 0.352 e. The number of aryl methyl sites for hydroxylation is 1. The van der Waals surface area contributed by atoms with Crippen LogP contribution in [0.15, 0.2) is 83.8 Å². The lowest BCUT2D eigenvalue weighted by Crippen LogP contribution is -2.23. The van der Waals surface area contributed by atoms with Gasteiger partial charge >= 0.3 is 0 Å². The Morgan fingerprint density at radius 3 is 2.17 bits per heavy atom. The molecule has 0 spiro atoms. The van der Waals surface area contributed by atoms with Crippen molar-refractivity contribution in [2.24, 2.45) is 0 Å². The molecule has 0 aliphatic rings. The monoisotopic (exact) mass is 442 g/mol. The summed E-state index contributed by atoms with van der Waals surface area (Å²) >= 11 is 6.08. The molecule has 156 valence electrons. The summed E-state index contributed by atoms with van der Waals surface area (Å²) in [6.07, 6.45) is 0.828. The molecule has 3 aromatic rings. The predicted molar refractivity (Wildman–Crippen MR) is 119 cm³/mol. The minimum Gasteiger partial charge on any atom is -0.352 e. The molecule has 7 heteroatoms. The zero-order valence-electron chi connectivity index (χ0n) is 16.3. The Morgan fingerprint density at radius 2 is 1.47 bits per heavy atom. The fourth-order valence-corrected chi connectivity index (χ4v) is 4.09. The molecule has 0 unspecified atom stereocenters. The summed E-state index contributed by atoms with van der Waals surface area (Å²) in [7, 11) is -3.59. The van der Waals surface area contributed by atoms with Gasteiger partial charge in [0.15, 0.2) is 0 Å². The quantitative estimate of drug-likeness (QED) is 0.524. The van der Waals surface area contributed by atoms with E-state index in [-0.39, 0.29) is 17.3 Å². The van der Waals surface area contributed by atoms with Crippen LogP contribution >= 0.6 is 11.6 Å². The number of carbonyl (C=O) groups is 1. The zero-order valence-corrected chi connectivity index (χ0v) is 17.9. The van der Waals surface area contributed by atoms with Crippen LogP contribution in [0, 0.1) is 0 Å².